The van der Waals surface area contributed by atoms with E-state index in [9.17, 15) is 14.9 Å². The second kappa shape index (κ2) is 6.66. The first-order valence-corrected chi connectivity index (χ1v) is 6.36. The zero-order chi connectivity index (χ0) is 16.1. The molecule has 0 unspecified atom stereocenters. The summed E-state index contributed by atoms with van der Waals surface area (Å²) >= 11 is 0. The summed E-state index contributed by atoms with van der Waals surface area (Å²) in [5.74, 6) is 0.172. The molecule has 0 atom stereocenters. The Morgan fingerprint density at radius 2 is 2.14 bits per heavy atom. The summed E-state index contributed by atoms with van der Waals surface area (Å²) in [5.41, 5.74) is 0.276. The minimum Gasteiger partial charge on any atom is -0.481 e. The van der Waals surface area contributed by atoms with E-state index >= 15 is 0 Å². The fraction of sp³-hybridized carbons (Fsp3) is 0.308. The topological polar surface area (TPSA) is 109 Å². The fourth-order valence-electron chi connectivity index (χ4n) is 1.81. The largest absolute Gasteiger partial charge is 0.481 e. The van der Waals surface area contributed by atoms with Crippen molar-refractivity contribution in [2.45, 2.75) is 13.5 Å². The van der Waals surface area contributed by atoms with Crippen LogP contribution in [0.4, 0.5) is 5.82 Å². The highest BCUT2D eigenvalue weighted by atomic mass is 16.6. The Morgan fingerprint density at radius 1 is 1.36 bits per heavy atom. The van der Waals surface area contributed by atoms with Crippen LogP contribution < -0.4 is 4.74 Å². The predicted molar refractivity (Wildman–Crippen MR) is 74.7 cm³/mol. The van der Waals surface area contributed by atoms with Gasteiger partial charge in [-0.05, 0) is 11.0 Å². The van der Waals surface area contributed by atoms with Crippen LogP contribution in [0.1, 0.15) is 16.2 Å². The number of nitrogens with zero attached hydrogens (tertiary/aromatic N) is 4. The van der Waals surface area contributed by atoms with Crippen molar-refractivity contribution in [3.63, 3.8) is 0 Å². The van der Waals surface area contributed by atoms with Gasteiger partial charge in [-0.1, -0.05) is 0 Å². The number of carbonyl (C=O) groups excluding carboxylic acids is 1. The molecular formula is C13H14N4O5. The summed E-state index contributed by atoms with van der Waals surface area (Å²) in [6.07, 6.45) is 2.51. The predicted octanol–water partition coefficient (Wildman–Crippen LogP) is 1.36. The van der Waals surface area contributed by atoms with Crippen molar-refractivity contribution in [3.8, 4) is 5.88 Å². The van der Waals surface area contributed by atoms with Crippen LogP contribution in [0, 0.1) is 17.0 Å². The highest BCUT2D eigenvalue weighted by molar-refractivity contribution is 5.89. The molecule has 0 spiro atoms. The van der Waals surface area contributed by atoms with Gasteiger partial charge < -0.3 is 19.6 Å². The Morgan fingerprint density at radius 3 is 2.73 bits per heavy atom. The van der Waals surface area contributed by atoms with E-state index in [-0.39, 0.29) is 24.5 Å². The molecule has 0 aromatic carbocycles. The number of hydrogen-bond acceptors (Lipinski definition) is 7. The maximum Gasteiger partial charge on any atom is 0.342 e. The van der Waals surface area contributed by atoms with Gasteiger partial charge in [0, 0.05) is 19.2 Å². The van der Waals surface area contributed by atoms with Gasteiger partial charge in [0.2, 0.25) is 5.88 Å². The molecule has 116 valence electrons. The van der Waals surface area contributed by atoms with Crippen LogP contribution >= 0.6 is 0 Å². The van der Waals surface area contributed by atoms with Crippen molar-refractivity contribution in [1.29, 1.82) is 0 Å². The lowest BCUT2D eigenvalue weighted by atomic mass is 10.3. The van der Waals surface area contributed by atoms with Crippen molar-refractivity contribution >= 4 is 11.8 Å². The number of nitro groups is 1. The summed E-state index contributed by atoms with van der Waals surface area (Å²) < 4.78 is 11.3. The smallest absolute Gasteiger partial charge is 0.342 e. The fourth-order valence-corrected chi connectivity index (χ4v) is 1.81. The van der Waals surface area contributed by atoms with E-state index in [1.807, 2.05) is 0 Å². The number of imidazole rings is 1. The van der Waals surface area contributed by atoms with Gasteiger partial charge in [-0.25, -0.2) is 19.3 Å². The van der Waals surface area contributed by atoms with Crippen LogP contribution in [-0.2, 0) is 11.3 Å². The third kappa shape index (κ3) is 3.37. The van der Waals surface area contributed by atoms with Crippen molar-refractivity contribution in [1.82, 2.24) is 14.5 Å². The first kappa shape index (κ1) is 15.4. The maximum absolute atomic E-state index is 11.8. The van der Waals surface area contributed by atoms with Gasteiger partial charge in [0.05, 0.1) is 12.7 Å². The molecule has 0 saturated carbocycles. The van der Waals surface area contributed by atoms with Gasteiger partial charge in [-0.2, -0.15) is 0 Å². The van der Waals surface area contributed by atoms with Crippen molar-refractivity contribution in [3.05, 3.63) is 46.0 Å². The molecule has 0 saturated heterocycles. The summed E-state index contributed by atoms with van der Waals surface area (Å²) in [7, 11) is 1.47. The summed E-state index contributed by atoms with van der Waals surface area (Å²) in [6, 6.07) is 3.07. The van der Waals surface area contributed by atoms with E-state index in [4.69, 9.17) is 9.47 Å². The van der Waals surface area contributed by atoms with Gasteiger partial charge in [-0.3, -0.25) is 0 Å². The Labute approximate surface area is 125 Å². The Bertz CT molecular complexity index is 680. The van der Waals surface area contributed by atoms with Crippen molar-refractivity contribution < 1.29 is 19.2 Å². The highest BCUT2D eigenvalue weighted by Crippen LogP contribution is 2.13. The Kier molecular flexibility index (Phi) is 4.66. The van der Waals surface area contributed by atoms with E-state index in [0.717, 1.165) is 0 Å². The number of methoxy groups -OCH3 is 1. The summed E-state index contributed by atoms with van der Waals surface area (Å²) in [4.78, 5) is 29.9. The number of aromatic nitrogens is 3. The van der Waals surface area contributed by atoms with E-state index in [1.54, 1.807) is 13.0 Å². The number of pyridine rings is 1. The van der Waals surface area contributed by atoms with Crippen molar-refractivity contribution in [2.24, 2.45) is 0 Å². The molecule has 9 nitrogen and oxygen atoms in total. The molecule has 0 bridgehead atoms. The Balaban J connectivity index is 1.94. The van der Waals surface area contributed by atoms with Crippen LogP contribution in [-0.4, -0.2) is 39.1 Å². The van der Waals surface area contributed by atoms with Crippen LogP contribution in [0.5, 0.6) is 5.88 Å². The quantitative estimate of drug-likeness (QED) is 0.450. The van der Waals surface area contributed by atoms with Gasteiger partial charge in [0.15, 0.2) is 5.82 Å². The Hall–Kier alpha value is -2.97. The van der Waals surface area contributed by atoms with Gasteiger partial charge in [-0.15, -0.1) is 0 Å². The van der Waals surface area contributed by atoms with Crippen molar-refractivity contribution in [2.75, 3.05) is 13.7 Å². The standard InChI is InChI=1S/C13H14N4O5/c1-9-14-8-12(17(19)20)16(9)5-6-22-13(18)10-3-4-11(21-2)15-7-10/h3-4,7-8H,5-6H2,1-2H3. The first-order valence-electron chi connectivity index (χ1n) is 6.36. The average molecular weight is 306 g/mol. The summed E-state index contributed by atoms with van der Waals surface area (Å²) in [6.45, 7) is 1.78. The lowest BCUT2D eigenvalue weighted by Crippen LogP contribution is -2.14. The molecule has 0 aliphatic rings. The van der Waals surface area contributed by atoms with Crippen LogP contribution in [0.15, 0.2) is 24.5 Å². The number of rotatable bonds is 6. The molecule has 0 fully saturated rings. The minimum absolute atomic E-state index is 0.0110. The SMILES string of the molecule is COc1ccc(C(=O)OCCn2c([N+](=O)[O-])cnc2C)cn1. The molecule has 2 heterocycles. The molecule has 22 heavy (non-hydrogen) atoms. The number of aryl methyl sites for hydroxylation is 1. The minimum atomic E-state index is -0.560. The average Bonchev–Trinajstić information content (AvgIpc) is 2.88. The van der Waals surface area contributed by atoms with Crippen LogP contribution in [0.2, 0.25) is 0 Å². The normalized spacial score (nSPS) is 10.3. The zero-order valence-corrected chi connectivity index (χ0v) is 12.1. The second-order valence-corrected chi connectivity index (χ2v) is 4.30. The van der Waals surface area contributed by atoms with E-state index in [1.165, 1.54) is 30.1 Å². The number of carbonyl (C=O) groups is 1. The lowest BCUT2D eigenvalue weighted by Gasteiger charge is -2.05. The molecule has 0 radical (unpaired) electrons. The van der Waals surface area contributed by atoms with Crippen LogP contribution in [0.25, 0.3) is 0 Å². The second-order valence-electron chi connectivity index (χ2n) is 4.30. The zero-order valence-electron chi connectivity index (χ0n) is 12.1. The molecule has 0 amide bonds. The maximum atomic E-state index is 11.8. The molecule has 0 N–H and O–H groups in total. The molecule has 9 heteroatoms. The third-order valence-corrected chi connectivity index (χ3v) is 2.95. The number of hydrogen-bond donors (Lipinski definition) is 0. The van der Waals surface area contributed by atoms with Crippen LogP contribution in [0.3, 0.4) is 0 Å². The highest BCUT2D eigenvalue weighted by Gasteiger charge is 2.17. The molecular weight excluding hydrogens is 292 g/mol. The van der Waals surface area contributed by atoms with Gasteiger partial charge in [0.1, 0.15) is 19.3 Å². The molecule has 0 aliphatic carbocycles. The monoisotopic (exact) mass is 306 g/mol. The lowest BCUT2D eigenvalue weighted by molar-refractivity contribution is -0.392. The third-order valence-electron chi connectivity index (χ3n) is 2.95. The molecule has 2 aromatic rings. The number of esters is 1. The van der Waals surface area contributed by atoms with Gasteiger partial charge >= 0.3 is 11.8 Å². The first-order chi connectivity index (χ1) is 10.5. The summed E-state index contributed by atoms with van der Waals surface area (Å²) in [5, 5.41) is 10.8. The van der Waals surface area contributed by atoms with E-state index in [0.29, 0.717) is 11.7 Å². The van der Waals surface area contributed by atoms with Gasteiger partial charge in [0.25, 0.3) is 0 Å². The van der Waals surface area contributed by atoms with E-state index < -0.39 is 10.9 Å². The number of ether oxygens (including phenoxy) is 2. The van der Waals surface area contributed by atoms with E-state index in [2.05, 4.69) is 9.97 Å². The molecule has 2 rings (SSSR count). The molecule has 0 aliphatic heterocycles. The molecule has 2 aromatic heterocycles.